The molecule has 0 aromatic carbocycles. The Bertz CT molecular complexity index is 467. The van der Waals surface area contributed by atoms with Crippen molar-refractivity contribution in [1.82, 2.24) is 4.98 Å². The zero-order valence-corrected chi connectivity index (χ0v) is 12.6. The predicted molar refractivity (Wildman–Crippen MR) is 67.6 cm³/mol. The fourth-order valence-electron chi connectivity index (χ4n) is 1.09. The second-order valence-corrected chi connectivity index (χ2v) is 4.53. The third-order valence-corrected chi connectivity index (χ3v) is 3.08. The Kier molecular flexibility index (Phi) is 5.20. The number of rotatable bonds is 3. The van der Waals surface area contributed by atoms with E-state index < -0.39 is 18.1 Å². The number of carbonyl (C=O) groups is 1. The number of ether oxygens (including phenoxy) is 2. The lowest BCUT2D eigenvalue weighted by atomic mass is 10.2. The molecular weight excluding hydrogens is 434 g/mol. The third-order valence-electron chi connectivity index (χ3n) is 1.78. The van der Waals surface area contributed by atoms with E-state index in [-0.39, 0.29) is 20.3 Å². The number of hydrogen-bond donors (Lipinski definition) is 0. The van der Waals surface area contributed by atoms with Gasteiger partial charge in [0.05, 0.1) is 18.4 Å². The molecule has 0 aliphatic heterocycles. The van der Waals surface area contributed by atoms with Crippen LogP contribution in [0.4, 0.5) is 13.2 Å². The van der Waals surface area contributed by atoms with Crippen LogP contribution in [0.1, 0.15) is 16.1 Å². The molecule has 0 amide bonds. The number of methoxy groups -OCH3 is 1. The van der Waals surface area contributed by atoms with Crippen LogP contribution in [0, 0.1) is 3.70 Å². The molecular formula is C9H6BrF3INO3. The van der Waals surface area contributed by atoms with Gasteiger partial charge in [-0.3, -0.25) is 0 Å². The highest BCUT2D eigenvalue weighted by Crippen LogP contribution is 2.29. The van der Waals surface area contributed by atoms with E-state index in [4.69, 9.17) is 0 Å². The van der Waals surface area contributed by atoms with Gasteiger partial charge in [0.25, 0.3) is 0 Å². The first kappa shape index (κ1) is 15.5. The van der Waals surface area contributed by atoms with E-state index in [1.165, 1.54) is 0 Å². The van der Waals surface area contributed by atoms with Crippen LogP contribution in [0.5, 0.6) is 5.75 Å². The molecule has 0 aliphatic carbocycles. The van der Waals surface area contributed by atoms with Crippen molar-refractivity contribution >= 4 is 44.5 Å². The van der Waals surface area contributed by atoms with Gasteiger partial charge in [0, 0.05) is 5.33 Å². The molecule has 0 unspecified atom stereocenters. The first-order valence-electron chi connectivity index (χ1n) is 4.38. The summed E-state index contributed by atoms with van der Waals surface area (Å²) in [5, 5.41) is 0.208. The smallest absolute Gasteiger partial charge is 0.465 e. The van der Waals surface area contributed by atoms with Crippen molar-refractivity contribution in [2.75, 3.05) is 7.11 Å². The summed E-state index contributed by atoms with van der Waals surface area (Å²) in [6.07, 6.45) is -4.84. The van der Waals surface area contributed by atoms with Crippen molar-refractivity contribution in [2.45, 2.75) is 11.7 Å². The maximum absolute atomic E-state index is 12.1. The summed E-state index contributed by atoms with van der Waals surface area (Å²) in [5.41, 5.74) is 0.204. The van der Waals surface area contributed by atoms with Crippen molar-refractivity contribution < 1.29 is 27.4 Å². The van der Waals surface area contributed by atoms with Crippen LogP contribution in [0.25, 0.3) is 0 Å². The molecule has 0 aliphatic rings. The van der Waals surface area contributed by atoms with Crippen LogP contribution in [0.2, 0.25) is 0 Å². The van der Waals surface area contributed by atoms with E-state index in [1.807, 2.05) is 0 Å². The molecule has 0 spiro atoms. The van der Waals surface area contributed by atoms with Crippen LogP contribution >= 0.6 is 38.5 Å². The number of nitrogens with zero attached hydrogens (tertiary/aromatic N) is 1. The quantitative estimate of drug-likeness (QED) is 0.314. The summed E-state index contributed by atoms with van der Waals surface area (Å²) in [6, 6.07) is 0.963. The molecule has 0 atom stereocenters. The number of carbonyl (C=O) groups excluding carboxylic acids is 1. The van der Waals surface area contributed by atoms with Gasteiger partial charge in [-0.25, -0.2) is 9.78 Å². The summed E-state index contributed by atoms with van der Waals surface area (Å²) in [6.45, 7) is 0. The summed E-state index contributed by atoms with van der Waals surface area (Å²) < 4.78 is 44.7. The van der Waals surface area contributed by atoms with Crippen LogP contribution in [0.3, 0.4) is 0 Å². The van der Waals surface area contributed by atoms with Crippen LogP contribution in [-0.2, 0) is 10.1 Å². The Hall–Kier alpha value is -0.580. The molecule has 0 fully saturated rings. The van der Waals surface area contributed by atoms with Crippen molar-refractivity contribution in [3.63, 3.8) is 0 Å². The number of esters is 1. The lowest BCUT2D eigenvalue weighted by Crippen LogP contribution is -2.19. The molecule has 1 rings (SSSR count). The van der Waals surface area contributed by atoms with Crippen molar-refractivity contribution in [1.29, 1.82) is 0 Å². The minimum absolute atomic E-state index is 0.00651. The van der Waals surface area contributed by atoms with E-state index in [2.05, 4.69) is 30.4 Å². The average Bonchev–Trinajstić information content (AvgIpc) is 2.28. The molecule has 100 valence electrons. The summed E-state index contributed by atoms with van der Waals surface area (Å²) in [4.78, 5) is 15.3. The Labute approximate surface area is 122 Å². The van der Waals surface area contributed by atoms with E-state index in [0.29, 0.717) is 0 Å². The molecule has 4 nitrogen and oxygen atoms in total. The lowest BCUT2D eigenvalue weighted by molar-refractivity contribution is -0.275. The molecule has 0 radical (unpaired) electrons. The van der Waals surface area contributed by atoms with Crippen molar-refractivity contribution in [3.05, 3.63) is 21.0 Å². The predicted octanol–water partition coefficient (Wildman–Crippen LogP) is 3.27. The highest BCUT2D eigenvalue weighted by atomic mass is 127. The highest BCUT2D eigenvalue weighted by molar-refractivity contribution is 14.1. The lowest BCUT2D eigenvalue weighted by Gasteiger charge is -2.12. The summed E-state index contributed by atoms with van der Waals surface area (Å²) in [5.74, 6) is -1.31. The minimum Gasteiger partial charge on any atom is -0.465 e. The van der Waals surface area contributed by atoms with Gasteiger partial charge in [0.15, 0.2) is 5.75 Å². The number of halogens is 5. The van der Waals surface area contributed by atoms with Gasteiger partial charge >= 0.3 is 12.3 Å². The number of hydrogen-bond acceptors (Lipinski definition) is 4. The number of pyridine rings is 1. The average molecular weight is 440 g/mol. The van der Waals surface area contributed by atoms with Crippen LogP contribution < -0.4 is 4.74 Å². The molecule has 18 heavy (non-hydrogen) atoms. The Balaban J connectivity index is 3.25. The minimum atomic E-state index is -4.84. The second kappa shape index (κ2) is 6.04. The maximum atomic E-state index is 12.1. The number of aromatic nitrogens is 1. The molecule has 0 saturated carbocycles. The van der Waals surface area contributed by atoms with Crippen LogP contribution in [-0.4, -0.2) is 24.4 Å². The highest BCUT2D eigenvalue weighted by Gasteiger charge is 2.33. The molecule has 9 heteroatoms. The monoisotopic (exact) mass is 439 g/mol. The SMILES string of the molecule is COC(=O)c1cc(OC(F)(F)F)c(I)nc1CBr. The fraction of sp³-hybridized carbons (Fsp3) is 0.333. The topological polar surface area (TPSA) is 48.4 Å². The molecule has 1 heterocycles. The fourth-order valence-corrected chi connectivity index (χ4v) is 2.08. The maximum Gasteiger partial charge on any atom is 0.573 e. The first-order valence-corrected chi connectivity index (χ1v) is 6.58. The van der Waals surface area contributed by atoms with Crippen molar-refractivity contribution in [3.8, 4) is 5.75 Å². The summed E-state index contributed by atoms with van der Waals surface area (Å²) in [7, 11) is 1.13. The normalized spacial score (nSPS) is 11.2. The second-order valence-electron chi connectivity index (χ2n) is 2.94. The zero-order valence-electron chi connectivity index (χ0n) is 8.85. The Morgan fingerprint density at radius 1 is 1.56 bits per heavy atom. The standard InChI is InChI=1S/C9H6BrF3INO3/c1-17-8(16)4-2-6(18-9(11,12)13)7(14)15-5(4)3-10/h2H,3H2,1H3. The Morgan fingerprint density at radius 2 is 2.17 bits per heavy atom. The van der Waals surface area contributed by atoms with Crippen LogP contribution in [0.15, 0.2) is 6.07 Å². The van der Waals surface area contributed by atoms with Gasteiger partial charge in [0.2, 0.25) is 0 Å². The van der Waals surface area contributed by atoms with Gasteiger partial charge < -0.3 is 9.47 Å². The molecule has 0 N–H and O–H groups in total. The largest absolute Gasteiger partial charge is 0.573 e. The molecule has 0 bridgehead atoms. The first-order chi connectivity index (χ1) is 8.28. The molecule has 1 aromatic rings. The van der Waals surface area contributed by atoms with Gasteiger partial charge in [-0.2, -0.15) is 0 Å². The van der Waals surface area contributed by atoms with Gasteiger partial charge in [-0.1, -0.05) is 15.9 Å². The molecule has 1 aromatic heterocycles. The van der Waals surface area contributed by atoms with E-state index in [0.717, 1.165) is 13.2 Å². The van der Waals surface area contributed by atoms with E-state index >= 15 is 0 Å². The van der Waals surface area contributed by atoms with Crippen molar-refractivity contribution in [2.24, 2.45) is 0 Å². The third kappa shape index (κ3) is 3.97. The van der Waals surface area contributed by atoms with Gasteiger partial charge in [0.1, 0.15) is 3.70 Å². The van der Waals surface area contributed by atoms with Gasteiger partial charge in [-0.05, 0) is 28.7 Å². The number of alkyl halides is 4. The Morgan fingerprint density at radius 3 is 2.61 bits per heavy atom. The van der Waals surface area contributed by atoms with Gasteiger partial charge in [-0.15, -0.1) is 13.2 Å². The molecule has 0 saturated heterocycles. The van der Waals surface area contributed by atoms with E-state index in [9.17, 15) is 18.0 Å². The summed E-state index contributed by atoms with van der Waals surface area (Å²) >= 11 is 4.68. The zero-order chi connectivity index (χ0) is 13.9. The van der Waals surface area contributed by atoms with E-state index in [1.54, 1.807) is 22.6 Å².